The molecule has 0 saturated heterocycles. The van der Waals surface area contributed by atoms with Crippen LogP contribution in [0.1, 0.15) is 32.1 Å². The van der Waals surface area contributed by atoms with Crippen molar-refractivity contribution < 1.29 is 14.3 Å². The zero-order valence-electron chi connectivity index (χ0n) is 11.2. The maximum Gasteiger partial charge on any atom is 0.222 e. The highest BCUT2D eigenvalue weighted by atomic mass is 16.5. The van der Waals surface area contributed by atoms with E-state index in [9.17, 15) is 4.79 Å². The van der Waals surface area contributed by atoms with Gasteiger partial charge in [0.1, 0.15) is 0 Å². The van der Waals surface area contributed by atoms with Gasteiger partial charge in [0.2, 0.25) is 5.91 Å². The number of nitrogens with zero attached hydrogens (tertiary/aromatic N) is 3. The molecule has 1 N–H and O–H groups in total. The lowest BCUT2D eigenvalue weighted by molar-refractivity contribution is -0.123. The molecule has 0 radical (unpaired) electrons. The first-order valence-electron chi connectivity index (χ1n) is 6.78. The van der Waals surface area contributed by atoms with Gasteiger partial charge in [-0.1, -0.05) is 18.0 Å². The largest absolute Gasteiger partial charge is 0.379 e. The van der Waals surface area contributed by atoms with Crippen LogP contribution < -0.4 is 5.32 Å². The fourth-order valence-corrected chi connectivity index (χ4v) is 2.01. The fourth-order valence-electron chi connectivity index (χ4n) is 2.01. The van der Waals surface area contributed by atoms with Gasteiger partial charge in [0.15, 0.2) is 0 Å². The molecule has 0 bridgehead atoms. The van der Waals surface area contributed by atoms with E-state index < -0.39 is 0 Å². The third-order valence-corrected chi connectivity index (χ3v) is 2.96. The molecule has 1 rings (SSSR count). The molecule has 0 aromatic heterocycles. The number of amides is 1. The average molecular weight is 270 g/mol. The Bertz CT molecular complexity index is 299. The topological polar surface area (TPSA) is 96.3 Å². The maximum atomic E-state index is 11.5. The second-order valence-electron chi connectivity index (χ2n) is 4.48. The van der Waals surface area contributed by atoms with E-state index in [0.717, 1.165) is 12.8 Å². The molecule has 1 aliphatic carbocycles. The van der Waals surface area contributed by atoms with Gasteiger partial charge in [-0.05, 0) is 18.4 Å². The lowest BCUT2D eigenvalue weighted by atomic mass is 10.2. The van der Waals surface area contributed by atoms with E-state index in [4.69, 9.17) is 15.0 Å². The Morgan fingerprint density at radius 3 is 2.58 bits per heavy atom. The van der Waals surface area contributed by atoms with Crippen LogP contribution in [0.15, 0.2) is 5.11 Å². The summed E-state index contributed by atoms with van der Waals surface area (Å²) in [5.41, 5.74) is 8.03. The predicted octanol–water partition coefficient (Wildman–Crippen LogP) is 1.78. The zero-order valence-corrected chi connectivity index (χ0v) is 11.2. The quantitative estimate of drug-likeness (QED) is 0.283. The summed E-state index contributed by atoms with van der Waals surface area (Å²) in [4.78, 5) is 14.2. The molecule has 7 nitrogen and oxygen atoms in total. The van der Waals surface area contributed by atoms with Gasteiger partial charge >= 0.3 is 0 Å². The molecule has 1 amide bonds. The average Bonchev–Trinajstić information content (AvgIpc) is 2.89. The first kappa shape index (κ1) is 15.8. The van der Waals surface area contributed by atoms with Gasteiger partial charge in [-0.15, -0.1) is 0 Å². The standard InChI is InChI=1S/C12H22N4O3/c13-16-14-6-8-19-10-9-18-7-5-12(17)15-11-3-1-2-4-11/h11H,1-10H2,(H,15,17). The van der Waals surface area contributed by atoms with Crippen molar-refractivity contribution in [3.05, 3.63) is 10.4 Å². The molecule has 0 spiro atoms. The molecule has 1 fully saturated rings. The number of hydrogen-bond acceptors (Lipinski definition) is 4. The molecule has 0 heterocycles. The summed E-state index contributed by atoms with van der Waals surface area (Å²) >= 11 is 0. The van der Waals surface area contributed by atoms with E-state index in [0.29, 0.717) is 45.4 Å². The zero-order chi connectivity index (χ0) is 13.8. The highest BCUT2D eigenvalue weighted by molar-refractivity contribution is 5.76. The van der Waals surface area contributed by atoms with Crippen LogP contribution in [0.25, 0.3) is 10.4 Å². The molecule has 1 saturated carbocycles. The van der Waals surface area contributed by atoms with Gasteiger partial charge in [-0.2, -0.15) is 0 Å². The van der Waals surface area contributed by atoms with Crippen LogP contribution in [0.3, 0.4) is 0 Å². The minimum atomic E-state index is 0.0659. The molecule has 1 aliphatic rings. The van der Waals surface area contributed by atoms with Crippen LogP contribution >= 0.6 is 0 Å². The van der Waals surface area contributed by atoms with Gasteiger partial charge < -0.3 is 14.8 Å². The van der Waals surface area contributed by atoms with Crippen molar-refractivity contribution in [2.75, 3.05) is 33.0 Å². The monoisotopic (exact) mass is 270 g/mol. The molecule has 7 heteroatoms. The van der Waals surface area contributed by atoms with Crippen LogP contribution in [0.2, 0.25) is 0 Å². The Kier molecular flexibility index (Phi) is 8.80. The number of rotatable bonds is 10. The van der Waals surface area contributed by atoms with Crippen LogP contribution in [0.4, 0.5) is 0 Å². The molecule has 108 valence electrons. The summed E-state index contributed by atoms with van der Waals surface area (Å²) in [6, 6.07) is 0.372. The number of nitrogens with one attached hydrogen (secondary N) is 1. The number of carbonyl (C=O) groups excluding carboxylic acids is 1. The Balaban J connectivity index is 1.84. The summed E-state index contributed by atoms with van der Waals surface area (Å²) in [7, 11) is 0. The van der Waals surface area contributed by atoms with E-state index in [1.807, 2.05) is 0 Å². The van der Waals surface area contributed by atoms with E-state index in [1.165, 1.54) is 12.8 Å². The highest BCUT2D eigenvalue weighted by Crippen LogP contribution is 2.17. The highest BCUT2D eigenvalue weighted by Gasteiger charge is 2.16. The summed E-state index contributed by atoms with van der Waals surface area (Å²) in [6.07, 6.45) is 5.04. The normalized spacial score (nSPS) is 15.2. The number of carbonyl (C=O) groups is 1. The third-order valence-electron chi connectivity index (χ3n) is 2.96. The van der Waals surface area contributed by atoms with E-state index >= 15 is 0 Å². The molecule has 0 aromatic carbocycles. The van der Waals surface area contributed by atoms with Crippen molar-refractivity contribution in [3.63, 3.8) is 0 Å². The Hall–Kier alpha value is -1.30. The third kappa shape index (κ3) is 8.42. The lowest BCUT2D eigenvalue weighted by Gasteiger charge is -2.11. The molecular formula is C12H22N4O3. The first-order valence-corrected chi connectivity index (χ1v) is 6.78. The molecule has 0 atom stereocenters. The molecule has 0 unspecified atom stereocenters. The number of hydrogen-bond donors (Lipinski definition) is 1. The second-order valence-corrected chi connectivity index (χ2v) is 4.48. The molecule has 19 heavy (non-hydrogen) atoms. The van der Waals surface area contributed by atoms with Crippen molar-refractivity contribution >= 4 is 5.91 Å². The van der Waals surface area contributed by atoms with Gasteiger partial charge in [0.05, 0.1) is 26.4 Å². The second kappa shape index (κ2) is 10.6. The van der Waals surface area contributed by atoms with Crippen LogP contribution in [-0.2, 0) is 14.3 Å². The van der Waals surface area contributed by atoms with E-state index in [1.54, 1.807) is 0 Å². The smallest absolute Gasteiger partial charge is 0.222 e. The van der Waals surface area contributed by atoms with Crippen LogP contribution in [0, 0.1) is 0 Å². The molecule has 0 aliphatic heterocycles. The summed E-state index contributed by atoms with van der Waals surface area (Å²) in [5.74, 6) is 0.0659. The Labute approximate surface area is 113 Å². The van der Waals surface area contributed by atoms with Gasteiger partial charge in [0, 0.05) is 23.9 Å². The van der Waals surface area contributed by atoms with Crippen molar-refractivity contribution in [2.45, 2.75) is 38.1 Å². The van der Waals surface area contributed by atoms with Crippen molar-refractivity contribution in [3.8, 4) is 0 Å². The number of ether oxygens (including phenoxy) is 2. The predicted molar refractivity (Wildman–Crippen MR) is 70.7 cm³/mol. The summed E-state index contributed by atoms with van der Waals surface area (Å²) in [6.45, 7) is 2.05. The Morgan fingerprint density at radius 1 is 1.21 bits per heavy atom. The molecule has 0 aromatic rings. The molecular weight excluding hydrogens is 248 g/mol. The Morgan fingerprint density at radius 2 is 1.89 bits per heavy atom. The summed E-state index contributed by atoms with van der Waals surface area (Å²) in [5, 5.41) is 6.35. The minimum Gasteiger partial charge on any atom is -0.379 e. The lowest BCUT2D eigenvalue weighted by Crippen LogP contribution is -2.33. The van der Waals surface area contributed by atoms with E-state index in [2.05, 4.69) is 15.3 Å². The first-order chi connectivity index (χ1) is 9.33. The van der Waals surface area contributed by atoms with Crippen molar-refractivity contribution in [2.24, 2.45) is 5.11 Å². The maximum absolute atomic E-state index is 11.5. The summed E-state index contributed by atoms with van der Waals surface area (Å²) < 4.78 is 10.4. The van der Waals surface area contributed by atoms with Crippen LogP contribution in [-0.4, -0.2) is 44.9 Å². The van der Waals surface area contributed by atoms with Crippen molar-refractivity contribution in [1.29, 1.82) is 0 Å². The van der Waals surface area contributed by atoms with E-state index in [-0.39, 0.29) is 5.91 Å². The number of azide groups is 1. The fraction of sp³-hybridized carbons (Fsp3) is 0.917. The van der Waals surface area contributed by atoms with Gasteiger partial charge in [0.25, 0.3) is 0 Å². The van der Waals surface area contributed by atoms with Gasteiger partial charge in [-0.3, -0.25) is 4.79 Å². The SMILES string of the molecule is [N-]=[N+]=NCCOCCOCCC(=O)NC1CCCC1. The van der Waals surface area contributed by atoms with Gasteiger partial charge in [-0.25, -0.2) is 0 Å². The van der Waals surface area contributed by atoms with Crippen molar-refractivity contribution in [1.82, 2.24) is 5.32 Å². The minimum absolute atomic E-state index is 0.0659. The van der Waals surface area contributed by atoms with Crippen LogP contribution in [0.5, 0.6) is 0 Å².